The smallest absolute Gasteiger partial charge is 0.371 e. The number of benzene rings is 1. The first-order chi connectivity index (χ1) is 9.29. The van der Waals surface area contributed by atoms with Gasteiger partial charge in [0.1, 0.15) is 0 Å². The second-order valence-electron chi connectivity index (χ2n) is 5.35. The fraction of sp³-hybridized carbons (Fsp3) is 0.571. The molecule has 2 rings (SSSR count). The van der Waals surface area contributed by atoms with E-state index in [0.717, 1.165) is 43.8 Å². The number of nitrogens with two attached hydrogens (primary N) is 1. The van der Waals surface area contributed by atoms with Gasteiger partial charge in [0.15, 0.2) is 0 Å². The van der Waals surface area contributed by atoms with E-state index in [1.54, 1.807) is 6.07 Å². The van der Waals surface area contributed by atoms with Crippen LogP contribution < -0.4 is 10.6 Å². The highest BCUT2D eigenvalue weighted by Crippen LogP contribution is 2.36. The van der Waals surface area contributed by atoms with Gasteiger partial charge in [-0.25, -0.2) is 0 Å². The summed E-state index contributed by atoms with van der Waals surface area (Å²) in [6, 6.07) is 4.00. The summed E-state index contributed by atoms with van der Waals surface area (Å²) in [5, 5.41) is 0. The van der Waals surface area contributed by atoms with Crippen molar-refractivity contribution in [1.82, 2.24) is 0 Å². The molecule has 1 atom stereocenters. The van der Waals surface area contributed by atoms with Gasteiger partial charge >= 0.3 is 6.18 Å². The number of hydrogen-bond acceptors (Lipinski definition) is 2. The molecule has 112 valence electrons. The Morgan fingerprint density at radius 3 is 2.35 bits per heavy atom. The first-order valence-electron chi connectivity index (χ1n) is 6.66. The summed E-state index contributed by atoms with van der Waals surface area (Å²) in [6.45, 7) is 3.67. The van der Waals surface area contributed by atoms with E-state index in [0.29, 0.717) is 10.4 Å². The van der Waals surface area contributed by atoms with E-state index in [2.05, 4.69) is 20.8 Å². The van der Waals surface area contributed by atoms with Crippen LogP contribution in [0.5, 0.6) is 0 Å². The lowest BCUT2D eigenvalue weighted by molar-refractivity contribution is -0.137. The highest BCUT2D eigenvalue weighted by atomic mass is 79.9. The number of halogens is 4. The second kappa shape index (κ2) is 5.93. The van der Waals surface area contributed by atoms with Crippen LogP contribution in [0.3, 0.4) is 0 Å². The maximum Gasteiger partial charge on any atom is 0.416 e. The van der Waals surface area contributed by atoms with Gasteiger partial charge in [-0.15, -0.1) is 0 Å². The molecule has 0 aromatic heterocycles. The van der Waals surface area contributed by atoms with Crippen molar-refractivity contribution in [2.75, 3.05) is 18.0 Å². The monoisotopic (exact) mass is 350 g/mol. The first-order valence-corrected chi connectivity index (χ1v) is 7.45. The highest BCUT2D eigenvalue weighted by Gasteiger charge is 2.31. The number of piperidine rings is 1. The lowest BCUT2D eigenvalue weighted by Gasteiger charge is -2.35. The molecule has 1 unspecified atom stereocenters. The van der Waals surface area contributed by atoms with Crippen LogP contribution in [0, 0.1) is 5.92 Å². The van der Waals surface area contributed by atoms with Crippen LogP contribution in [0.1, 0.15) is 25.3 Å². The van der Waals surface area contributed by atoms with E-state index in [1.807, 2.05) is 6.92 Å². The molecule has 1 aromatic rings. The molecule has 0 spiro atoms. The Morgan fingerprint density at radius 1 is 1.30 bits per heavy atom. The van der Waals surface area contributed by atoms with Crippen molar-refractivity contribution in [2.45, 2.75) is 32.0 Å². The van der Waals surface area contributed by atoms with E-state index in [1.165, 1.54) is 0 Å². The zero-order valence-corrected chi connectivity index (χ0v) is 12.8. The van der Waals surface area contributed by atoms with Crippen LogP contribution in [0.2, 0.25) is 0 Å². The van der Waals surface area contributed by atoms with Gasteiger partial charge in [0.05, 0.1) is 11.3 Å². The van der Waals surface area contributed by atoms with Crippen molar-refractivity contribution in [2.24, 2.45) is 11.7 Å². The average Bonchev–Trinajstić information content (AvgIpc) is 2.37. The van der Waals surface area contributed by atoms with Gasteiger partial charge < -0.3 is 10.6 Å². The van der Waals surface area contributed by atoms with Crippen molar-refractivity contribution in [1.29, 1.82) is 0 Å². The molecular formula is C14H18BrF3N2. The Morgan fingerprint density at radius 2 is 1.90 bits per heavy atom. The molecule has 6 heteroatoms. The molecule has 0 saturated carbocycles. The molecule has 0 amide bonds. The van der Waals surface area contributed by atoms with Crippen molar-refractivity contribution in [3.05, 3.63) is 28.2 Å². The Hall–Kier alpha value is -0.750. The van der Waals surface area contributed by atoms with Gasteiger partial charge in [0.2, 0.25) is 0 Å². The van der Waals surface area contributed by atoms with E-state index >= 15 is 0 Å². The molecule has 2 N–H and O–H groups in total. The standard InChI is InChI=1S/C14H18BrF3N2/c1-9(19)10-4-6-20(7-5-10)13-3-2-11(8-12(13)15)14(16,17)18/h2-3,8-10H,4-7,19H2,1H3. The fourth-order valence-electron chi connectivity index (χ4n) is 2.61. The summed E-state index contributed by atoms with van der Waals surface area (Å²) in [7, 11) is 0. The summed E-state index contributed by atoms with van der Waals surface area (Å²) in [4.78, 5) is 2.11. The highest BCUT2D eigenvalue weighted by molar-refractivity contribution is 9.10. The normalized spacial score (nSPS) is 19.2. The maximum absolute atomic E-state index is 12.6. The minimum absolute atomic E-state index is 0.174. The minimum Gasteiger partial charge on any atom is -0.371 e. The average molecular weight is 351 g/mol. The SMILES string of the molecule is CC(N)C1CCN(c2ccc(C(F)(F)F)cc2Br)CC1. The largest absolute Gasteiger partial charge is 0.416 e. The number of anilines is 1. The van der Waals surface area contributed by atoms with E-state index < -0.39 is 11.7 Å². The van der Waals surface area contributed by atoms with Crippen LogP contribution in [0.15, 0.2) is 22.7 Å². The number of alkyl halides is 3. The third kappa shape index (κ3) is 3.47. The molecular weight excluding hydrogens is 333 g/mol. The molecule has 2 nitrogen and oxygen atoms in total. The minimum atomic E-state index is -4.30. The van der Waals surface area contributed by atoms with Gasteiger partial charge in [-0.05, 0) is 59.8 Å². The summed E-state index contributed by atoms with van der Waals surface area (Å²) in [5.41, 5.74) is 6.09. The summed E-state index contributed by atoms with van der Waals surface area (Å²) >= 11 is 3.25. The van der Waals surface area contributed by atoms with E-state index in [9.17, 15) is 13.2 Å². The molecule has 1 aliphatic heterocycles. The first kappa shape index (κ1) is 15.6. The maximum atomic E-state index is 12.6. The number of nitrogens with zero attached hydrogens (tertiary/aromatic N) is 1. The lowest BCUT2D eigenvalue weighted by Crippen LogP contribution is -2.39. The van der Waals surface area contributed by atoms with Gasteiger partial charge in [0, 0.05) is 23.6 Å². The molecule has 1 heterocycles. The van der Waals surface area contributed by atoms with Crippen LogP contribution >= 0.6 is 15.9 Å². The van der Waals surface area contributed by atoms with Crippen molar-refractivity contribution >= 4 is 21.6 Å². The molecule has 1 aromatic carbocycles. The molecule has 0 aliphatic carbocycles. The molecule has 0 radical (unpaired) electrons. The predicted octanol–water partition coefficient (Wildman–Crippen LogP) is 4.03. The topological polar surface area (TPSA) is 29.3 Å². The fourth-order valence-corrected chi connectivity index (χ4v) is 3.24. The van der Waals surface area contributed by atoms with Crippen LogP contribution in [-0.4, -0.2) is 19.1 Å². The molecule has 0 bridgehead atoms. The summed E-state index contributed by atoms with van der Waals surface area (Å²) < 4.78 is 38.4. The zero-order valence-electron chi connectivity index (χ0n) is 11.3. The van der Waals surface area contributed by atoms with Crippen molar-refractivity contribution < 1.29 is 13.2 Å². The van der Waals surface area contributed by atoms with E-state index in [4.69, 9.17) is 5.73 Å². The summed E-state index contributed by atoms with van der Waals surface area (Å²) in [5.74, 6) is 0.500. The molecule has 1 aliphatic rings. The summed E-state index contributed by atoms with van der Waals surface area (Å²) in [6.07, 6.45) is -2.35. The van der Waals surface area contributed by atoms with Crippen LogP contribution in [-0.2, 0) is 6.18 Å². The Labute approximate surface area is 125 Å². The quantitative estimate of drug-likeness (QED) is 0.872. The van der Waals surface area contributed by atoms with Crippen molar-refractivity contribution in [3.63, 3.8) is 0 Å². The van der Waals surface area contributed by atoms with E-state index in [-0.39, 0.29) is 6.04 Å². The predicted molar refractivity (Wildman–Crippen MR) is 77.7 cm³/mol. The van der Waals surface area contributed by atoms with Gasteiger partial charge in [-0.1, -0.05) is 0 Å². The zero-order chi connectivity index (χ0) is 14.9. The lowest BCUT2D eigenvalue weighted by atomic mass is 9.90. The Bertz CT molecular complexity index is 466. The van der Waals surface area contributed by atoms with Crippen molar-refractivity contribution in [3.8, 4) is 0 Å². The van der Waals surface area contributed by atoms with Gasteiger partial charge in [-0.3, -0.25) is 0 Å². The number of hydrogen-bond donors (Lipinski definition) is 1. The van der Waals surface area contributed by atoms with Gasteiger partial charge in [0.25, 0.3) is 0 Å². The van der Waals surface area contributed by atoms with Gasteiger partial charge in [-0.2, -0.15) is 13.2 Å². The van der Waals surface area contributed by atoms with Crippen LogP contribution in [0.4, 0.5) is 18.9 Å². The molecule has 20 heavy (non-hydrogen) atoms. The molecule has 1 fully saturated rings. The second-order valence-corrected chi connectivity index (χ2v) is 6.20. The number of rotatable bonds is 2. The third-order valence-electron chi connectivity index (χ3n) is 3.90. The Balaban J connectivity index is 2.11. The Kier molecular flexibility index (Phi) is 4.64. The van der Waals surface area contributed by atoms with Crippen LogP contribution in [0.25, 0.3) is 0 Å². The third-order valence-corrected chi connectivity index (χ3v) is 4.53. The molecule has 1 saturated heterocycles.